The van der Waals surface area contributed by atoms with E-state index in [4.69, 9.17) is 22.2 Å². The third-order valence-electron chi connectivity index (χ3n) is 4.86. The number of benzene rings is 1. The highest BCUT2D eigenvalue weighted by Gasteiger charge is 2.34. The van der Waals surface area contributed by atoms with Crippen molar-refractivity contribution in [2.75, 3.05) is 5.06 Å². The van der Waals surface area contributed by atoms with E-state index in [2.05, 4.69) is 5.10 Å². The molecular formula is C20H25ClN4O3. The molecule has 1 atom stereocenters. The highest BCUT2D eigenvalue weighted by molar-refractivity contribution is 6.19. The number of anilines is 1. The number of rotatable bonds is 7. The maximum atomic E-state index is 13.3. The van der Waals surface area contributed by atoms with Gasteiger partial charge in [0, 0.05) is 5.56 Å². The maximum Gasteiger partial charge on any atom is 0.283 e. The Kier molecular flexibility index (Phi) is 6.36. The van der Waals surface area contributed by atoms with E-state index in [1.54, 1.807) is 35.9 Å². The SMILES string of the molecule is CCc1nn(C2CCCC2)c(N(OC(C)Cl)C(=O)c2ccccc2)c1C(N)=O. The zero-order valence-electron chi connectivity index (χ0n) is 16.1. The second kappa shape index (κ2) is 8.75. The summed E-state index contributed by atoms with van der Waals surface area (Å²) in [6.07, 6.45) is 4.47. The summed E-state index contributed by atoms with van der Waals surface area (Å²) in [5.41, 5.74) is 6.05. The second-order valence-electron chi connectivity index (χ2n) is 6.86. The molecule has 1 saturated carbocycles. The van der Waals surface area contributed by atoms with Gasteiger partial charge in [-0.15, -0.1) is 0 Å². The van der Waals surface area contributed by atoms with Crippen molar-refractivity contribution >= 4 is 29.2 Å². The summed E-state index contributed by atoms with van der Waals surface area (Å²) in [4.78, 5) is 31.3. The van der Waals surface area contributed by atoms with Crippen molar-refractivity contribution in [2.45, 2.75) is 57.6 Å². The smallest absolute Gasteiger partial charge is 0.283 e. The van der Waals surface area contributed by atoms with E-state index in [0.29, 0.717) is 17.7 Å². The largest absolute Gasteiger partial charge is 0.365 e. The van der Waals surface area contributed by atoms with Crippen LogP contribution in [0, 0.1) is 0 Å². The molecule has 1 aliphatic carbocycles. The summed E-state index contributed by atoms with van der Waals surface area (Å²) >= 11 is 6.08. The lowest BCUT2D eigenvalue weighted by Crippen LogP contribution is -2.37. The van der Waals surface area contributed by atoms with Crippen LogP contribution in [0.25, 0.3) is 0 Å². The van der Waals surface area contributed by atoms with E-state index in [-0.39, 0.29) is 17.4 Å². The van der Waals surface area contributed by atoms with Crippen LogP contribution in [0.5, 0.6) is 0 Å². The number of hydrogen-bond donors (Lipinski definition) is 1. The Bertz CT molecular complexity index is 845. The number of amides is 2. The lowest BCUT2D eigenvalue weighted by Gasteiger charge is -2.26. The monoisotopic (exact) mass is 404 g/mol. The Labute approximate surface area is 169 Å². The molecule has 1 fully saturated rings. The molecule has 0 aliphatic heterocycles. The minimum Gasteiger partial charge on any atom is -0.365 e. The predicted octanol–water partition coefficient (Wildman–Crippen LogP) is 3.82. The molecule has 1 aliphatic rings. The van der Waals surface area contributed by atoms with Crippen LogP contribution in [-0.2, 0) is 11.3 Å². The lowest BCUT2D eigenvalue weighted by atomic mass is 10.1. The molecule has 1 unspecified atom stereocenters. The van der Waals surface area contributed by atoms with Crippen molar-refractivity contribution in [3.8, 4) is 0 Å². The fourth-order valence-electron chi connectivity index (χ4n) is 3.61. The predicted molar refractivity (Wildman–Crippen MR) is 107 cm³/mol. The summed E-state index contributed by atoms with van der Waals surface area (Å²) in [5.74, 6) is -0.817. The summed E-state index contributed by atoms with van der Waals surface area (Å²) in [5, 5.41) is 5.72. The molecule has 1 heterocycles. The van der Waals surface area contributed by atoms with E-state index in [1.807, 2.05) is 13.0 Å². The minimum atomic E-state index is -0.801. The molecule has 7 nitrogen and oxygen atoms in total. The van der Waals surface area contributed by atoms with Crippen molar-refractivity contribution in [1.82, 2.24) is 9.78 Å². The minimum absolute atomic E-state index is 0.0775. The molecule has 0 bridgehead atoms. The molecule has 1 aromatic heterocycles. The Balaban J connectivity index is 2.18. The molecule has 2 N–H and O–H groups in total. The first-order chi connectivity index (χ1) is 13.4. The molecule has 1 aromatic carbocycles. The van der Waals surface area contributed by atoms with E-state index < -0.39 is 17.4 Å². The zero-order valence-corrected chi connectivity index (χ0v) is 16.9. The van der Waals surface area contributed by atoms with Crippen LogP contribution in [0.1, 0.15) is 72.0 Å². The maximum absolute atomic E-state index is 13.3. The highest BCUT2D eigenvalue weighted by Crippen LogP contribution is 2.36. The van der Waals surface area contributed by atoms with Gasteiger partial charge in [0.05, 0.1) is 11.7 Å². The number of hydroxylamine groups is 1. The first kappa shape index (κ1) is 20.4. The van der Waals surface area contributed by atoms with Gasteiger partial charge in [0.1, 0.15) is 5.56 Å². The van der Waals surface area contributed by atoms with E-state index in [0.717, 1.165) is 30.7 Å². The third-order valence-corrected chi connectivity index (χ3v) is 4.94. The van der Waals surface area contributed by atoms with Gasteiger partial charge < -0.3 is 5.73 Å². The summed E-state index contributed by atoms with van der Waals surface area (Å²) in [7, 11) is 0. The van der Waals surface area contributed by atoms with E-state index in [9.17, 15) is 9.59 Å². The number of aromatic nitrogens is 2. The first-order valence-corrected chi connectivity index (χ1v) is 9.99. The van der Waals surface area contributed by atoms with Crippen LogP contribution >= 0.6 is 11.6 Å². The number of nitrogens with zero attached hydrogens (tertiary/aromatic N) is 3. The number of aryl methyl sites for hydroxylation is 1. The quantitative estimate of drug-likeness (QED) is 0.561. The molecule has 3 rings (SSSR count). The van der Waals surface area contributed by atoms with Gasteiger partial charge in [-0.1, -0.05) is 49.6 Å². The average Bonchev–Trinajstić information content (AvgIpc) is 3.33. The summed E-state index contributed by atoms with van der Waals surface area (Å²) in [6.45, 7) is 3.50. The van der Waals surface area contributed by atoms with Crippen LogP contribution in [-0.4, -0.2) is 27.2 Å². The summed E-state index contributed by atoms with van der Waals surface area (Å²) in [6, 6.07) is 8.77. The molecule has 150 valence electrons. The van der Waals surface area contributed by atoms with Gasteiger partial charge in [-0.2, -0.15) is 10.2 Å². The van der Waals surface area contributed by atoms with Gasteiger partial charge in [0.25, 0.3) is 11.8 Å². The van der Waals surface area contributed by atoms with Gasteiger partial charge in [-0.3, -0.25) is 9.59 Å². The van der Waals surface area contributed by atoms with Crippen molar-refractivity contribution in [3.63, 3.8) is 0 Å². The average molecular weight is 405 g/mol. The normalized spacial score (nSPS) is 15.5. The summed E-state index contributed by atoms with van der Waals surface area (Å²) < 4.78 is 1.73. The molecule has 0 saturated heterocycles. The highest BCUT2D eigenvalue weighted by atomic mass is 35.5. The standard InChI is InChI=1S/C20H25ClN4O3/c1-3-16-17(18(22)26)19(24(23-16)15-11-7-8-12-15)25(28-13(2)21)20(27)14-9-5-4-6-10-14/h4-6,9-10,13,15H,3,7-8,11-12H2,1-2H3,(H2,22,26). The third kappa shape index (κ3) is 4.05. The number of halogens is 1. The Morgan fingerprint density at radius 1 is 1.32 bits per heavy atom. The van der Waals surface area contributed by atoms with Gasteiger partial charge in [0.15, 0.2) is 11.4 Å². The van der Waals surface area contributed by atoms with Crippen molar-refractivity contribution in [3.05, 3.63) is 47.2 Å². The number of alkyl halides is 1. The topological polar surface area (TPSA) is 90.4 Å². The fourth-order valence-corrected chi connectivity index (χ4v) is 3.69. The van der Waals surface area contributed by atoms with Crippen LogP contribution in [0.3, 0.4) is 0 Å². The number of primary amides is 1. The molecule has 0 spiro atoms. The molecule has 8 heteroatoms. The van der Waals surface area contributed by atoms with Crippen LogP contribution < -0.4 is 10.8 Å². The first-order valence-electron chi connectivity index (χ1n) is 9.55. The van der Waals surface area contributed by atoms with Gasteiger partial charge in [-0.25, -0.2) is 9.52 Å². The van der Waals surface area contributed by atoms with Crippen molar-refractivity contribution in [1.29, 1.82) is 0 Å². The fraction of sp³-hybridized carbons (Fsp3) is 0.450. The van der Waals surface area contributed by atoms with Crippen molar-refractivity contribution in [2.24, 2.45) is 5.73 Å². The molecule has 28 heavy (non-hydrogen) atoms. The number of nitrogens with two attached hydrogens (primary N) is 1. The number of carbonyl (C=O) groups excluding carboxylic acids is 2. The second-order valence-corrected chi connectivity index (χ2v) is 7.47. The zero-order chi connectivity index (χ0) is 20.3. The van der Waals surface area contributed by atoms with Gasteiger partial charge >= 0.3 is 0 Å². The van der Waals surface area contributed by atoms with Gasteiger partial charge in [-0.05, 0) is 38.3 Å². The van der Waals surface area contributed by atoms with E-state index in [1.165, 1.54) is 0 Å². The number of hydrogen-bond acceptors (Lipinski definition) is 4. The van der Waals surface area contributed by atoms with Crippen LogP contribution in [0.15, 0.2) is 30.3 Å². The lowest BCUT2D eigenvalue weighted by molar-refractivity contribution is 0.0573. The Morgan fingerprint density at radius 3 is 2.50 bits per heavy atom. The molecule has 2 amide bonds. The van der Waals surface area contributed by atoms with Crippen LogP contribution in [0.2, 0.25) is 0 Å². The molecule has 2 aromatic rings. The van der Waals surface area contributed by atoms with Crippen LogP contribution in [0.4, 0.5) is 5.82 Å². The Morgan fingerprint density at radius 2 is 1.96 bits per heavy atom. The Hall–Kier alpha value is -2.38. The molecular weight excluding hydrogens is 380 g/mol. The number of carbonyl (C=O) groups is 2. The van der Waals surface area contributed by atoms with Gasteiger partial charge in [0.2, 0.25) is 0 Å². The van der Waals surface area contributed by atoms with Crippen molar-refractivity contribution < 1.29 is 14.4 Å². The molecule has 0 radical (unpaired) electrons. The van der Waals surface area contributed by atoms with E-state index >= 15 is 0 Å².